The summed E-state index contributed by atoms with van der Waals surface area (Å²) in [7, 11) is 0. The number of unbranched alkanes of at least 4 members (excludes halogenated alkanes) is 1. The summed E-state index contributed by atoms with van der Waals surface area (Å²) in [5.41, 5.74) is 5.56. The van der Waals surface area contributed by atoms with E-state index in [1.54, 1.807) is 0 Å². The zero-order chi connectivity index (χ0) is 15.0. The second kappa shape index (κ2) is 8.66. The van der Waals surface area contributed by atoms with Gasteiger partial charge in [0.05, 0.1) is 6.61 Å². The second-order valence-electron chi connectivity index (χ2n) is 6.52. The Morgan fingerprint density at radius 2 is 1.95 bits per heavy atom. The van der Waals surface area contributed by atoms with Crippen molar-refractivity contribution in [2.45, 2.75) is 84.1 Å². The Morgan fingerprint density at radius 3 is 2.45 bits per heavy atom. The molecule has 3 heteroatoms. The van der Waals surface area contributed by atoms with Crippen LogP contribution in [0.15, 0.2) is 0 Å². The molecule has 3 nitrogen and oxygen atoms in total. The van der Waals surface area contributed by atoms with Crippen molar-refractivity contribution in [1.82, 2.24) is 0 Å². The number of hydrogen-bond acceptors (Lipinski definition) is 3. The van der Waals surface area contributed by atoms with Crippen LogP contribution >= 0.6 is 0 Å². The molecule has 1 rings (SSSR count). The number of carbonyl (C=O) groups is 1. The summed E-state index contributed by atoms with van der Waals surface area (Å²) >= 11 is 0. The Balaban J connectivity index is 2.37. The summed E-state index contributed by atoms with van der Waals surface area (Å²) < 4.78 is 5.54. The van der Waals surface area contributed by atoms with Crippen LogP contribution in [-0.4, -0.2) is 18.1 Å². The van der Waals surface area contributed by atoms with Gasteiger partial charge >= 0.3 is 5.97 Å². The van der Waals surface area contributed by atoms with Gasteiger partial charge in [-0.05, 0) is 43.9 Å². The maximum Gasteiger partial charge on any atom is 0.326 e. The van der Waals surface area contributed by atoms with Crippen LogP contribution in [0.3, 0.4) is 0 Å². The average Bonchev–Trinajstić information content (AvgIpc) is 2.48. The van der Waals surface area contributed by atoms with Gasteiger partial charge in [0.1, 0.15) is 5.54 Å². The summed E-state index contributed by atoms with van der Waals surface area (Å²) in [6.45, 7) is 7.12. The molecule has 1 atom stereocenters. The fourth-order valence-electron chi connectivity index (χ4n) is 3.04. The van der Waals surface area contributed by atoms with Crippen LogP contribution in [-0.2, 0) is 9.53 Å². The van der Waals surface area contributed by atoms with E-state index in [2.05, 4.69) is 20.8 Å². The molecule has 118 valence electrons. The van der Waals surface area contributed by atoms with Crippen molar-refractivity contribution in [1.29, 1.82) is 0 Å². The molecule has 2 N–H and O–H groups in total. The number of nitrogens with two attached hydrogens (primary N) is 1. The molecule has 0 aromatic carbocycles. The lowest BCUT2D eigenvalue weighted by Gasteiger charge is -2.35. The summed E-state index contributed by atoms with van der Waals surface area (Å²) in [5, 5.41) is 0. The third-order valence-corrected chi connectivity index (χ3v) is 4.97. The molecule has 0 saturated heterocycles. The van der Waals surface area contributed by atoms with Crippen LogP contribution in [0.4, 0.5) is 0 Å². The Bertz CT molecular complexity index is 283. The molecule has 0 bridgehead atoms. The van der Waals surface area contributed by atoms with Crippen LogP contribution < -0.4 is 5.73 Å². The maximum atomic E-state index is 12.3. The van der Waals surface area contributed by atoms with Gasteiger partial charge in [-0.2, -0.15) is 0 Å². The van der Waals surface area contributed by atoms with Crippen molar-refractivity contribution in [2.75, 3.05) is 6.61 Å². The fourth-order valence-corrected chi connectivity index (χ4v) is 3.04. The van der Waals surface area contributed by atoms with E-state index in [1.807, 2.05) is 0 Å². The number of esters is 1. The minimum absolute atomic E-state index is 0.165. The first-order valence-corrected chi connectivity index (χ1v) is 8.51. The summed E-state index contributed by atoms with van der Waals surface area (Å²) in [5.74, 6) is 1.07. The van der Waals surface area contributed by atoms with Crippen molar-refractivity contribution in [3.63, 3.8) is 0 Å². The van der Waals surface area contributed by atoms with Gasteiger partial charge in [0, 0.05) is 0 Å². The molecule has 0 spiro atoms. The van der Waals surface area contributed by atoms with Gasteiger partial charge in [0.15, 0.2) is 0 Å². The van der Waals surface area contributed by atoms with Crippen LogP contribution in [0, 0.1) is 11.8 Å². The van der Waals surface area contributed by atoms with Crippen molar-refractivity contribution in [3.8, 4) is 0 Å². The van der Waals surface area contributed by atoms with Gasteiger partial charge in [-0.25, -0.2) is 0 Å². The molecule has 0 aromatic rings. The van der Waals surface area contributed by atoms with Gasteiger partial charge in [-0.3, -0.25) is 4.79 Å². The summed E-state index contributed by atoms with van der Waals surface area (Å²) in [6.07, 6.45) is 9.53. The van der Waals surface area contributed by atoms with E-state index in [-0.39, 0.29) is 5.97 Å². The van der Waals surface area contributed by atoms with E-state index < -0.39 is 5.54 Å². The van der Waals surface area contributed by atoms with Crippen molar-refractivity contribution in [2.24, 2.45) is 17.6 Å². The van der Waals surface area contributed by atoms with Crippen LogP contribution in [0.1, 0.15) is 78.6 Å². The topological polar surface area (TPSA) is 52.3 Å². The molecule has 0 aliphatic heterocycles. The molecule has 1 unspecified atom stereocenters. The highest BCUT2D eigenvalue weighted by atomic mass is 16.5. The zero-order valence-electron chi connectivity index (χ0n) is 13.6. The molecule has 0 amide bonds. The van der Waals surface area contributed by atoms with Gasteiger partial charge in [0.2, 0.25) is 0 Å². The Morgan fingerprint density at radius 1 is 1.30 bits per heavy atom. The second-order valence-corrected chi connectivity index (χ2v) is 6.52. The molecular formula is C17H33NO2. The average molecular weight is 283 g/mol. The quantitative estimate of drug-likeness (QED) is 0.684. The van der Waals surface area contributed by atoms with Gasteiger partial charge < -0.3 is 10.5 Å². The van der Waals surface area contributed by atoms with E-state index in [1.165, 1.54) is 19.3 Å². The minimum atomic E-state index is -0.714. The van der Waals surface area contributed by atoms with E-state index in [9.17, 15) is 4.79 Å². The van der Waals surface area contributed by atoms with Crippen LogP contribution in [0.2, 0.25) is 0 Å². The van der Waals surface area contributed by atoms with Crippen molar-refractivity contribution in [3.05, 3.63) is 0 Å². The normalized spacial score (nSPS) is 28.1. The van der Waals surface area contributed by atoms with Crippen molar-refractivity contribution < 1.29 is 9.53 Å². The van der Waals surface area contributed by atoms with Crippen LogP contribution in [0.25, 0.3) is 0 Å². The molecule has 20 heavy (non-hydrogen) atoms. The largest absolute Gasteiger partial charge is 0.464 e. The predicted octanol–water partition coefficient (Wildman–Crippen LogP) is 4.04. The van der Waals surface area contributed by atoms with Crippen LogP contribution in [0.5, 0.6) is 0 Å². The molecule has 1 aliphatic carbocycles. The number of rotatable bonds is 8. The highest BCUT2D eigenvalue weighted by Gasteiger charge is 2.39. The summed E-state index contributed by atoms with van der Waals surface area (Å²) in [4.78, 5) is 12.3. The SMILES string of the molecule is CCCCC(CC)COC(=O)C1(N)CCC(CC)CC1. The Hall–Kier alpha value is -0.570. The standard InChI is InChI=1S/C17H33NO2/c1-4-7-8-15(6-3)13-20-16(19)17(18)11-9-14(5-2)10-12-17/h14-15H,4-13,18H2,1-3H3. The highest BCUT2D eigenvalue weighted by molar-refractivity contribution is 5.80. The Kier molecular flexibility index (Phi) is 7.57. The van der Waals surface area contributed by atoms with Gasteiger partial charge in [-0.1, -0.05) is 46.5 Å². The van der Waals surface area contributed by atoms with E-state index >= 15 is 0 Å². The highest BCUT2D eigenvalue weighted by Crippen LogP contribution is 2.33. The first-order chi connectivity index (χ1) is 9.55. The smallest absolute Gasteiger partial charge is 0.326 e. The lowest BCUT2D eigenvalue weighted by atomic mass is 9.76. The molecular weight excluding hydrogens is 250 g/mol. The number of ether oxygens (including phenoxy) is 1. The molecule has 1 fully saturated rings. The lowest BCUT2D eigenvalue weighted by molar-refractivity contribution is -0.153. The fraction of sp³-hybridized carbons (Fsp3) is 0.941. The molecule has 0 heterocycles. The van der Waals surface area contributed by atoms with E-state index in [4.69, 9.17) is 10.5 Å². The number of carbonyl (C=O) groups excluding carboxylic acids is 1. The maximum absolute atomic E-state index is 12.3. The lowest BCUT2D eigenvalue weighted by Crippen LogP contribution is -2.51. The summed E-state index contributed by atoms with van der Waals surface area (Å²) in [6, 6.07) is 0. The molecule has 0 radical (unpaired) electrons. The minimum Gasteiger partial charge on any atom is -0.464 e. The first kappa shape index (κ1) is 17.5. The third kappa shape index (κ3) is 5.08. The third-order valence-electron chi connectivity index (χ3n) is 4.97. The Labute approximate surface area is 124 Å². The van der Waals surface area contributed by atoms with Gasteiger partial charge in [-0.15, -0.1) is 0 Å². The first-order valence-electron chi connectivity index (χ1n) is 8.51. The monoisotopic (exact) mass is 283 g/mol. The zero-order valence-corrected chi connectivity index (χ0v) is 13.6. The molecule has 1 saturated carbocycles. The van der Waals surface area contributed by atoms with Gasteiger partial charge in [0.25, 0.3) is 0 Å². The van der Waals surface area contributed by atoms with E-state index in [0.29, 0.717) is 12.5 Å². The molecule has 0 aromatic heterocycles. The van der Waals surface area contributed by atoms with Crippen molar-refractivity contribution >= 4 is 5.97 Å². The molecule has 1 aliphatic rings. The predicted molar refractivity (Wildman–Crippen MR) is 83.4 cm³/mol. The number of hydrogen-bond donors (Lipinski definition) is 1. The van der Waals surface area contributed by atoms with E-state index in [0.717, 1.165) is 44.4 Å².